The summed E-state index contributed by atoms with van der Waals surface area (Å²) in [6, 6.07) is 7.54. The van der Waals surface area contributed by atoms with E-state index in [4.69, 9.17) is 0 Å². The van der Waals surface area contributed by atoms with Crippen LogP contribution in [0.2, 0.25) is 0 Å². The van der Waals surface area contributed by atoms with E-state index < -0.39 is 12.0 Å². The Hall–Kier alpha value is -4.41. The number of aromatic nitrogens is 2. The minimum Gasteiger partial charge on any atom is -0.504 e. The first-order valence-corrected chi connectivity index (χ1v) is 9.96. The Kier molecular flexibility index (Phi) is 6.91. The van der Waals surface area contributed by atoms with E-state index in [1.54, 1.807) is 47.8 Å². The summed E-state index contributed by atoms with van der Waals surface area (Å²) in [5.41, 5.74) is 2.24. The molecule has 0 spiro atoms. The second-order valence-electron chi connectivity index (χ2n) is 7.35. The number of ether oxygens (including phenoxy) is 1. The molecule has 0 aliphatic carbocycles. The predicted molar refractivity (Wildman–Crippen MR) is 121 cm³/mol. The maximum absolute atomic E-state index is 12.7. The first kappa shape index (κ1) is 23.3. The number of carbonyl (C=O) groups excluding carboxylic acids is 3. The van der Waals surface area contributed by atoms with Gasteiger partial charge in [-0.15, -0.1) is 0 Å². The van der Waals surface area contributed by atoms with Gasteiger partial charge in [0.15, 0.2) is 11.5 Å². The molecule has 0 aliphatic heterocycles. The van der Waals surface area contributed by atoms with Crippen LogP contribution < -0.4 is 16.0 Å². The van der Waals surface area contributed by atoms with Crippen LogP contribution in [0.4, 0.5) is 16.2 Å². The molecule has 0 unspecified atom stereocenters. The van der Waals surface area contributed by atoms with E-state index in [1.165, 1.54) is 25.3 Å². The molecular weight excluding hydrogens is 430 g/mol. The third-order valence-electron chi connectivity index (χ3n) is 4.90. The molecule has 0 saturated heterocycles. The number of hydrogen-bond acceptors (Lipinski definition) is 6. The second kappa shape index (κ2) is 9.81. The first-order chi connectivity index (χ1) is 15.7. The number of methoxy groups -OCH3 is 1. The van der Waals surface area contributed by atoms with Gasteiger partial charge in [0.1, 0.15) is 11.4 Å². The Bertz CT molecular complexity index is 1200. The van der Waals surface area contributed by atoms with Gasteiger partial charge in [-0.2, -0.15) is 0 Å². The molecule has 0 atom stereocenters. The summed E-state index contributed by atoms with van der Waals surface area (Å²) in [6.45, 7) is 0.315. The van der Waals surface area contributed by atoms with Crippen molar-refractivity contribution in [2.45, 2.75) is 6.42 Å². The molecule has 11 heteroatoms. The van der Waals surface area contributed by atoms with Gasteiger partial charge in [0.25, 0.3) is 11.8 Å². The highest BCUT2D eigenvalue weighted by atomic mass is 16.5. The number of aromatic hydroxyl groups is 2. The lowest BCUT2D eigenvalue weighted by Crippen LogP contribution is -2.27. The van der Waals surface area contributed by atoms with Crippen LogP contribution in [0.5, 0.6) is 11.5 Å². The average molecular weight is 455 g/mol. The molecule has 5 N–H and O–H groups in total. The first-order valence-electron chi connectivity index (χ1n) is 9.96. The Morgan fingerprint density at radius 3 is 2.09 bits per heavy atom. The highest BCUT2D eigenvalue weighted by Gasteiger charge is 2.17. The Labute approximate surface area is 189 Å². The predicted octanol–water partition coefficient (Wildman–Crippen LogP) is 2.18. The van der Waals surface area contributed by atoms with Gasteiger partial charge in [-0.3, -0.25) is 14.9 Å². The molecule has 0 radical (unpaired) electrons. The van der Waals surface area contributed by atoms with Crippen LogP contribution >= 0.6 is 0 Å². The molecule has 11 nitrogen and oxygen atoms in total. The third-order valence-corrected chi connectivity index (χ3v) is 4.90. The molecule has 0 fully saturated rings. The summed E-state index contributed by atoms with van der Waals surface area (Å²) in [5, 5.41) is 26.9. The normalized spacial score (nSPS) is 10.5. The number of phenols is 2. The number of nitrogens with one attached hydrogen (secondary N) is 3. The molecule has 2 aromatic heterocycles. The summed E-state index contributed by atoms with van der Waals surface area (Å²) in [4.78, 5) is 36.5. The van der Waals surface area contributed by atoms with Crippen molar-refractivity contribution in [2.24, 2.45) is 14.1 Å². The fourth-order valence-corrected chi connectivity index (χ4v) is 3.22. The smallest absolute Gasteiger partial charge is 0.411 e. The molecule has 0 bridgehead atoms. The van der Waals surface area contributed by atoms with Gasteiger partial charge in [-0.05, 0) is 36.2 Å². The third kappa shape index (κ3) is 5.64. The summed E-state index contributed by atoms with van der Waals surface area (Å²) in [6.07, 6.45) is 3.00. The Morgan fingerprint density at radius 1 is 0.879 bits per heavy atom. The minimum absolute atomic E-state index is 0.201. The SMILES string of the molecule is COC(=O)Nc1cc(C(=O)Nc2cc(C(=O)NCCc3ccc(O)c(O)c3)n(C)c2)n(C)c1. The Morgan fingerprint density at radius 2 is 1.48 bits per heavy atom. The van der Waals surface area contributed by atoms with Gasteiger partial charge in [0, 0.05) is 33.0 Å². The van der Waals surface area contributed by atoms with Crippen LogP contribution in [0.3, 0.4) is 0 Å². The summed E-state index contributed by atoms with van der Waals surface area (Å²) in [5.74, 6) is -1.16. The molecule has 174 valence electrons. The molecule has 1 aromatic carbocycles. The van der Waals surface area contributed by atoms with Gasteiger partial charge >= 0.3 is 6.09 Å². The fraction of sp³-hybridized carbons (Fsp3) is 0.227. The lowest BCUT2D eigenvalue weighted by Gasteiger charge is -2.07. The van der Waals surface area contributed by atoms with E-state index in [0.29, 0.717) is 35.7 Å². The molecule has 2 heterocycles. The van der Waals surface area contributed by atoms with Gasteiger partial charge in [-0.25, -0.2) is 4.79 Å². The fourth-order valence-electron chi connectivity index (χ4n) is 3.22. The van der Waals surface area contributed by atoms with Crippen molar-refractivity contribution in [3.8, 4) is 11.5 Å². The zero-order valence-electron chi connectivity index (χ0n) is 18.4. The highest BCUT2D eigenvalue weighted by molar-refractivity contribution is 6.05. The Balaban J connectivity index is 1.60. The number of aryl methyl sites for hydroxylation is 2. The molecule has 3 rings (SSSR count). The quantitative estimate of drug-likeness (QED) is 0.345. The van der Waals surface area contributed by atoms with Crippen molar-refractivity contribution in [1.82, 2.24) is 14.5 Å². The summed E-state index contributed by atoms with van der Waals surface area (Å²) < 4.78 is 7.68. The van der Waals surface area contributed by atoms with Crippen LogP contribution in [0.25, 0.3) is 0 Å². The standard InChI is InChI=1S/C22H25N5O6/c1-26-11-14(24-21(31)17-10-15(12-27(17)2)25-22(32)33-3)9-16(26)20(30)23-7-6-13-4-5-18(28)19(29)8-13/h4-5,8-12,28-29H,6-7H2,1-3H3,(H,23,30)(H,24,31)(H,25,32). The lowest BCUT2D eigenvalue weighted by molar-refractivity contribution is 0.0945. The van der Waals surface area contributed by atoms with Crippen molar-refractivity contribution < 1.29 is 29.3 Å². The van der Waals surface area contributed by atoms with E-state index >= 15 is 0 Å². The molecule has 33 heavy (non-hydrogen) atoms. The van der Waals surface area contributed by atoms with Crippen molar-refractivity contribution >= 4 is 29.3 Å². The van der Waals surface area contributed by atoms with Crippen molar-refractivity contribution in [1.29, 1.82) is 0 Å². The largest absolute Gasteiger partial charge is 0.504 e. The van der Waals surface area contributed by atoms with Crippen LogP contribution in [0.1, 0.15) is 26.5 Å². The second-order valence-corrected chi connectivity index (χ2v) is 7.35. The number of phenolic OH excluding ortho intramolecular Hbond substituents is 2. The zero-order chi connectivity index (χ0) is 24.1. The molecule has 3 aromatic rings. The van der Waals surface area contributed by atoms with Gasteiger partial charge in [0.2, 0.25) is 0 Å². The lowest BCUT2D eigenvalue weighted by atomic mass is 10.1. The van der Waals surface area contributed by atoms with E-state index in [-0.39, 0.29) is 17.4 Å². The number of amides is 3. The number of hydrogen-bond donors (Lipinski definition) is 5. The molecular formula is C22H25N5O6. The van der Waals surface area contributed by atoms with Gasteiger partial charge in [0.05, 0.1) is 18.5 Å². The van der Waals surface area contributed by atoms with E-state index in [0.717, 1.165) is 5.56 Å². The van der Waals surface area contributed by atoms with Gasteiger partial charge in [-0.1, -0.05) is 6.07 Å². The van der Waals surface area contributed by atoms with E-state index in [2.05, 4.69) is 20.7 Å². The minimum atomic E-state index is -0.645. The van der Waals surface area contributed by atoms with Crippen molar-refractivity contribution in [3.63, 3.8) is 0 Å². The number of anilines is 2. The number of carbonyl (C=O) groups is 3. The number of rotatable bonds is 7. The van der Waals surface area contributed by atoms with Crippen LogP contribution in [-0.2, 0) is 25.3 Å². The topological polar surface area (TPSA) is 147 Å². The molecule has 0 saturated carbocycles. The maximum atomic E-state index is 12.7. The van der Waals surface area contributed by atoms with E-state index in [1.807, 2.05) is 0 Å². The van der Waals surface area contributed by atoms with Crippen LogP contribution in [0, 0.1) is 0 Å². The van der Waals surface area contributed by atoms with Crippen molar-refractivity contribution in [2.75, 3.05) is 24.3 Å². The molecule has 3 amide bonds. The number of benzene rings is 1. The monoisotopic (exact) mass is 455 g/mol. The van der Waals surface area contributed by atoms with Crippen LogP contribution in [0.15, 0.2) is 42.7 Å². The average Bonchev–Trinajstić information content (AvgIpc) is 3.32. The number of nitrogens with zero attached hydrogens (tertiary/aromatic N) is 2. The summed E-state index contributed by atoms with van der Waals surface area (Å²) in [7, 11) is 4.59. The summed E-state index contributed by atoms with van der Waals surface area (Å²) >= 11 is 0. The van der Waals surface area contributed by atoms with Gasteiger partial charge < -0.3 is 34.7 Å². The highest BCUT2D eigenvalue weighted by Crippen LogP contribution is 2.25. The van der Waals surface area contributed by atoms with Crippen molar-refractivity contribution in [3.05, 3.63) is 59.7 Å². The maximum Gasteiger partial charge on any atom is 0.411 e. The van der Waals surface area contributed by atoms with E-state index in [9.17, 15) is 24.6 Å². The van der Waals surface area contributed by atoms with Crippen LogP contribution in [-0.4, -0.2) is 50.9 Å². The molecule has 0 aliphatic rings. The zero-order valence-corrected chi connectivity index (χ0v) is 18.4.